The molecule has 0 spiro atoms. The van der Waals surface area contributed by atoms with E-state index in [1.807, 2.05) is 13.8 Å². The van der Waals surface area contributed by atoms with Gasteiger partial charge in [0.2, 0.25) is 0 Å². The maximum absolute atomic E-state index is 12.3. The Morgan fingerprint density at radius 1 is 1.40 bits per heavy atom. The van der Waals surface area contributed by atoms with Crippen molar-refractivity contribution in [1.82, 2.24) is 0 Å². The standard InChI is InChI=1S/C6H9FO.C2H6/c1-5-2-3-8-4-6(5)7;1-2/h2-4H2,1H3;1-2H3. The van der Waals surface area contributed by atoms with Crippen molar-refractivity contribution in [2.75, 3.05) is 13.2 Å². The van der Waals surface area contributed by atoms with E-state index in [0.29, 0.717) is 6.61 Å². The van der Waals surface area contributed by atoms with Crippen LogP contribution in [-0.4, -0.2) is 13.2 Å². The maximum Gasteiger partial charge on any atom is 0.125 e. The minimum atomic E-state index is -0.0868. The Hall–Kier alpha value is -0.370. The van der Waals surface area contributed by atoms with Crippen LogP contribution in [-0.2, 0) is 4.74 Å². The summed E-state index contributed by atoms with van der Waals surface area (Å²) in [6.45, 7) is 6.67. The van der Waals surface area contributed by atoms with Gasteiger partial charge in [0, 0.05) is 0 Å². The third-order valence-electron chi connectivity index (χ3n) is 1.31. The van der Waals surface area contributed by atoms with E-state index in [4.69, 9.17) is 4.74 Å². The molecule has 0 amide bonds. The summed E-state index contributed by atoms with van der Waals surface area (Å²) in [4.78, 5) is 0. The molecular weight excluding hydrogens is 131 g/mol. The largest absolute Gasteiger partial charge is 0.374 e. The fourth-order valence-electron chi connectivity index (χ4n) is 0.646. The summed E-state index contributed by atoms with van der Waals surface area (Å²) in [6.07, 6.45) is 0.756. The third kappa shape index (κ3) is 2.97. The molecule has 1 aliphatic rings. The molecule has 0 saturated carbocycles. The molecule has 1 rings (SSSR count). The molecule has 0 unspecified atom stereocenters. The number of ether oxygens (including phenoxy) is 1. The van der Waals surface area contributed by atoms with E-state index in [1.54, 1.807) is 6.92 Å². The second kappa shape index (κ2) is 5.42. The Balaban J connectivity index is 0.000000371. The molecule has 0 N–H and O–H groups in total. The van der Waals surface area contributed by atoms with Crippen molar-refractivity contribution in [1.29, 1.82) is 0 Å². The molecule has 1 nitrogen and oxygen atoms in total. The van der Waals surface area contributed by atoms with E-state index < -0.39 is 0 Å². The van der Waals surface area contributed by atoms with Crippen LogP contribution in [0.2, 0.25) is 0 Å². The molecule has 0 radical (unpaired) electrons. The Morgan fingerprint density at radius 2 is 2.00 bits per heavy atom. The van der Waals surface area contributed by atoms with E-state index >= 15 is 0 Å². The number of hydrogen-bond acceptors (Lipinski definition) is 1. The van der Waals surface area contributed by atoms with Gasteiger partial charge in [-0.25, -0.2) is 4.39 Å². The van der Waals surface area contributed by atoms with Crippen LogP contribution < -0.4 is 0 Å². The van der Waals surface area contributed by atoms with E-state index in [0.717, 1.165) is 12.0 Å². The second-order valence-electron chi connectivity index (χ2n) is 1.99. The molecule has 0 aromatic rings. The minimum absolute atomic E-state index is 0.0868. The summed E-state index contributed by atoms with van der Waals surface area (Å²) in [6, 6.07) is 0. The summed E-state index contributed by atoms with van der Waals surface area (Å²) in [5.74, 6) is -0.0868. The van der Waals surface area contributed by atoms with Crippen LogP contribution in [0.25, 0.3) is 0 Å². The van der Waals surface area contributed by atoms with Crippen LogP contribution in [0.3, 0.4) is 0 Å². The summed E-state index contributed by atoms with van der Waals surface area (Å²) >= 11 is 0. The van der Waals surface area contributed by atoms with Crippen molar-refractivity contribution < 1.29 is 9.13 Å². The van der Waals surface area contributed by atoms with Crippen molar-refractivity contribution >= 4 is 0 Å². The molecule has 2 heteroatoms. The molecule has 0 aliphatic carbocycles. The van der Waals surface area contributed by atoms with E-state index in [-0.39, 0.29) is 12.4 Å². The van der Waals surface area contributed by atoms with E-state index in [9.17, 15) is 4.39 Å². The first-order chi connectivity index (χ1) is 4.80. The Morgan fingerprint density at radius 3 is 2.30 bits per heavy atom. The van der Waals surface area contributed by atoms with Gasteiger partial charge in [-0.1, -0.05) is 13.8 Å². The first-order valence-electron chi connectivity index (χ1n) is 3.72. The minimum Gasteiger partial charge on any atom is -0.374 e. The normalized spacial score (nSPS) is 18.0. The zero-order valence-corrected chi connectivity index (χ0v) is 6.91. The summed E-state index contributed by atoms with van der Waals surface area (Å²) in [5, 5.41) is 0. The van der Waals surface area contributed by atoms with E-state index in [2.05, 4.69) is 0 Å². The topological polar surface area (TPSA) is 9.23 Å². The Kier molecular flexibility index (Phi) is 5.22. The molecule has 0 bridgehead atoms. The zero-order valence-electron chi connectivity index (χ0n) is 6.91. The highest BCUT2D eigenvalue weighted by molar-refractivity contribution is 5.07. The molecule has 1 aliphatic heterocycles. The van der Waals surface area contributed by atoms with Crippen LogP contribution in [0.15, 0.2) is 11.4 Å². The fraction of sp³-hybridized carbons (Fsp3) is 0.750. The molecule has 1 heterocycles. The lowest BCUT2D eigenvalue weighted by molar-refractivity contribution is 0.129. The SMILES string of the molecule is CC.CC1=C(F)COCC1. The molecular formula is C8H15FO. The highest BCUT2D eigenvalue weighted by Crippen LogP contribution is 2.14. The number of hydrogen-bond donors (Lipinski definition) is 0. The van der Waals surface area contributed by atoms with Crippen molar-refractivity contribution in [3.8, 4) is 0 Å². The highest BCUT2D eigenvalue weighted by atomic mass is 19.1. The van der Waals surface area contributed by atoms with Gasteiger partial charge in [-0.3, -0.25) is 0 Å². The van der Waals surface area contributed by atoms with Crippen molar-refractivity contribution in [2.24, 2.45) is 0 Å². The maximum atomic E-state index is 12.3. The second-order valence-corrected chi connectivity index (χ2v) is 1.99. The van der Waals surface area contributed by atoms with Gasteiger partial charge < -0.3 is 4.74 Å². The first kappa shape index (κ1) is 9.63. The highest BCUT2D eigenvalue weighted by Gasteiger charge is 2.06. The van der Waals surface area contributed by atoms with Crippen LogP contribution in [0.5, 0.6) is 0 Å². The van der Waals surface area contributed by atoms with Crippen molar-refractivity contribution in [2.45, 2.75) is 27.2 Å². The van der Waals surface area contributed by atoms with Crippen molar-refractivity contribution in [3.05, 3.63) is 11.4 Å². The lowest BCUT2D eigenvalue weighted by Crippen LogP contribution is -2.06. The lowest BCUT2D eigenvalue weighted by Gasteiger charge is -2.10. The lowest BCUT2D eigenvalue weighted by atomic mass is 10.2. The predicted octanol–water partition coefficient (Wildman–Crippen LogP) is 2.68. The molecule has 0 atom stereocenters. The first-order valence-corrected chi connectivity index (χ1v) is 3.72. The smallest absolute Gasteiger partial charge is 0.125 e. The molecule has 60 valence electrons. The Labute approximate surface area is 61.9 Å². The quantitative estimate of drug-likeness (QED) is 0.510. The van der Waals surface area contributed by atoms with Gasteiger partial charge in [0.1, 0.15) is 5.83 Å². The Bertz CT molecular complexity index is 104. The third-order valence-corrected chi connectivity index (χ3v) is 1.31. The molecule has 0 fully saturated rings. The number of halogens is 1. The average molecular weight is 146 g/mol. The summed E-state index contributed by atoms with van der Waals surface area (Å²) in [7, 11) is 0. The van der Waals surface area contributed by atoms with Crippen LogP contribution in [0, 0.1) is 0 Å². The summed E-state index contributed by atoms with van der Waals surface area (Å²) in [5.41, 5.74) is 0.844. The van der Waals surface area contributed by atoms with Gasteiger partial charge in [-0.2, -0.15) is 0 Å². The summed E-state index contributed by atoms with van der Waals surface area (Å²) < 4.78 is 17.2. The van der Waals surface area contributed by atoms with Gasteiger partial charge in [0.15, 0.2) is 0 Å². The molecule has 0 saturated heterocycles. The molecule has 10 heavy (non-hydrogen) atoms. The van der Waals surface area contributed by atoms with Crippen molar-refractivity contribution in [3.63, 3.8) is 0 Å². The number of rotatable bonds is 0. The van der Waals surface area contributed by atoms with E-state index in [1.165, 1.54) is 0 Å². The van der Waals surface area contributed by atoms with Crippen LogP contribution >= 0.6 is 0 Å². The predicted molar refractivity (Wildman–Crippen MR) is 40.6 cm³/mol. The van der Waals surface area contributed by atoms with Gasteiger partial charge in [-0.05, 0) is 18.9 Å². The zero-order chi connectivity index (χ0) is 7.98. The fourth-order valence-corrected chi connectivity index (χ4v) is 0.646. The van der Waals surface area contributed by atoms with Crippen LogP contribution in [0.4, 0.5) is 4.39 Å². The monoisotopic (exact) mass is 146 g/mol. The average Bonchev–Trinajstić information content (AvgIpc) is 2.00. The van der Waals surface area contributed by atoms with Gasteiger partial charge in [0.25, 0.3) is 0 Å². The van der Waals surface area contributed by atoms with Gasteiger partial charge in [0.05, 0.1) is 13.2 Å². The van der Waals surface area contributed by atoms with Gasteiger partial charge in [-0.15, -0.1) is 0 Å². The molecule has 0 aromatic carbocycles. The van der Waals surface area contributed by atoms with Crippen LogP contribution in [0.1, 0.15) is 27.2 Å². The molecule has 0 aromatic heterocycles. The van der Waals surface area contributed by atoms with Gasteiger partial charge >= 0.3 is 0 Å².